The van der Waals surface area contributed by atoms with E-state index < -0.39 is 17.8 Å². The first kappa shape index (κ1) is 27.8. The minimum atomic E-state index is -4.56. The van der Waals surface area contributed by atoms with Crippen molar-refractivity contribution in [3.63, 3.8) is 0 Å². The zero-order valence-corrected chi connectivity index (χ0v) is 22.0. The first-order valence-electron chi connectivity index (χ1n) is 12.1. The maximum absolute atomic E-state index is 13.8. The van der Waals surface area contributed by atoms with Crippen LogP contribution < -0.4 is 16.0 Å². The lowest BCUT2D eigenvalue weighted by Crippen LogP contribution is -2.29. The van der Waals surface area contributed by atoms with Crippen LogP contribution in [0.2, 0.25) is 0 Å². The van der Waals surface area contributed by atoms with Crippen molar-refractivity contribution in [1.29, 1.82) is 0 Å². The van der Waals surface area contributed by atoms with Crippen molar-refractivity contribution in [2.75, 3.05) is 57.2 Å². The Balaban J connectivity index is 1.44. The van der Waals surface area contributed by atoms with Crippen LogP contribution in [0, 0.1) is 0 Å². The number of halogens is 3. The van der Waals surface area contributed by atoms with Gasteiger partial charge in [0.1, 0.15) is 12.7 Å². The predicted octanol–water partition coefficient (Wildman–Crippen LogP) is 4.51. The van der Waals surface area contributed by atoms with Gasteiger partial charge in [0.2, 0.25) is 0 Å². The number of nitrogens with zero attached hydrogens (tertiary/aromatic N) is 6. The van der Waals surface area contributed by atoms with Crippen LogP contribution >= 0.6 is 0 Å². The lowest BCUT2D eigenvalue weighted by molar-refractivity contribution is -0.138. The molecule has 10 nitrogen and oxygen atoms in total. The van der Waals surface area contributed by atoms with Gasteiger partial charge in [-0.1, -0.05) is 6.07 Å². The third kappa shape index (κ3) is 6.81. The Morgan fingerprint density at radius 1 is 0.949 bits per heavy atom. The summed E-state index contributed by atoms with van der Waals surface area (Å²) in [6, 6.07) is 10.1. The first-order valence-corrected chi connectivity index (χ1v) is 12.1. The van der Waals surface area contributed by atoms with E-state index in [1.165, 1.54) is 18.5 Å². The Hall–Kier alpha value is -4.23. The highest BCUT2D eigenvalue weighted by Gasteiger charge is 2.34. The molecular formula is C26H30F3N9O. The normalized spacial score (nSPS) is 11.8. The molecule has 0 aliphatic carbocycles. The Kier molecular flexibility index (Phi) is 8.31. The number of hydrogen-bond donors (Lipinski definition) is 3. The summed E-state index contributed by atoms with van der Waals surface area (Å²) in [5, 5.41) is 8.11. The van der Waals surface area contributed by atoms with Crippen LogP contribution in [0.4, 0.5) is 35.2 Å². The monoisotopic (exact) mass is 541 g/mol. The van der Waals surface area contributed by atoms with Gasteiger partial charge < -0.3 is 25.8 Å². The third-order valence-electron chi connectivity index (χ3n) is 6.02. The van der Waals surface area contributed by atoms with E-state index in [0.29, 0.717) is 29.2 Å². The molecule has 206 valence electrons. The largest absolute Gasteiger partial charge is 0.416 e. The molecule has 0 fully saturated rings. The molecule has 4 rings (SSSR count). The standard InChI is InChI=1S/C26H30F3N9O/c1-30-23-22-24(32-15-31-23)38(16-33-22)20-9-7-18(8-10-20)34-25(39)35-19-6-5-17(21(13-19)26(27,28)29)14-37(4)12-11-36(2)3/h5-10,13,15-16H,11-12,14H2,1-4H3,(H,30,31,32)(H2,34,35,39). The van der Waals surface area contributed by atoms with Crippen LogP contribution in [0.1, 0.15) is 11.1 Å². The number of nitrogens with one attached hydrogen (secondary N) is 3. The maximum Gasteiger partial charge on any atom is 0.416 e. The fourth-order valence-corrected chi connectivity index (χ4v) is 4.00. The molecule has 0 spiro atoms. The number of hydrogen-bond acceptors (Lipinski definition) is 7. The SMILES string of the molecule is CNc1ncnc2c1ncn2-c1ccc(NC(=O)Nc2ccc(CN(C)CCN(C)C)c(C(F)(F)F)c2)cc1. The van der Waals surface area contributed by atoms with Crippen molar-refractivity contribution in [1.82, 2.24) is 29.3 Å². The number of rotatable bonds is 9. The molecule has 0 saturated heterocycles. The number of urea groups is 1. The van der Waals surface area contributed by atoms with Crippen LogP contribution in [0.3, 0.4) is 0 Å². The van der Waals surface area contributed by atoms with Gasteiger partial charge in [-0.25, -0.2) is 19.7 Å². The Labute approximate surface area is 223 Å². The maximum atomic E-state index is 13.8. The predicted molar refractivity (Wildman–Crippen MR) is 145 cm³/mol. The topological polar surface area (TPSA) is 103 Å². The number of fused-ring (bicyclic) bond motifs is 1. The first-order chi connectivity index (χ1) is 18.5. The van der Waals surface area contributed by atoms with Gasteiger partial charge in [-0.15, -0.1) is 0 Å². The number of imidazole rings is 1. The van der Waals surface area contributed by atoms with Crippen molar-refractivity contribution in [3.8, 4) is 5.69 Å². The zero-order valence-electron chi connectivity index (χ0n) is 22.0. The summed E-state index contributed by atoms with van der Waals surface area (Å²) < 4.78 is 43.2. The van der Waals surface area contributed by atoms with Crippen molar-refractivity contribution >= 4 is 34.4 Å². The molecule has 39 heavy (non-hydrogen) atoms. The van der Waals surface area contributed by atoms with E-state index >= 15 is 0 Å². The number of anilines is 3. The molecule has 0 saturated carbocycles. The van der Waals surface area contributed by atoms with E-state index in [4.69, 9.17) is 0 Å². The molecule has 13 heteroatoms. The van der Waals surface area contributed by atoms with Crippen molar-refractivity contribution in [3.05, 3.63) is 66.2 Å². The molecule has 0 bridgehead atoms. The number of benzene rings is 2. The molecule has 4 aromatic rings. The smallest absolute Gasteiger partial charge is 0.371 e. The fraction of sp³-hybridized carbons (Fsp3) is 0.308. The Morgan fingerprint density at radius 3 is 2.31 bits per heavy atom. The number of carbonyl (C=O) groups excluding carboxylic acids is 1. The molecule has 0 atom stereocenters. The summed E-state index contributed by atoms with van der Waals surface area (Å²) >= 11 is 0. The van der Waals surface area contributed by atoms with Gasteiger partial charge in [-0.2, -0.15) is 13.2 Å². The molecule has 0 unspecified atom stereocenters. The number of alkyl halides is 3. The summed E-state index contributed by atoms with van der Waals surface area (Å²) in [4.78, 5) is 29.1. The van der Waals surface area contributed by atoms with E-state index in [1.807, 2.05) is 23.9 Å². The molecule has 0 aliphatic rings. The summed E-state index contributed by atoms with van der Waals surface area (Å²) in [6.45, 7) is 1.48. The van der Waals surface area contributed by atoms with E-state index in [9.17, 15) is 18.0 Å². The summed E-state index contributed by atoms with van der Waals surface area (Å²) in [6.07, 6.45) is -1.50. The zero-order chi connectivity index (χ0) is 28.2. The van der Waals surface area contributed by atoms with Gasteiger partial charge in [0.05, 0.1) is 5.56 Å². The third-order valence-corrected chi connectivity index (χ3v) is 6.02. The number of carbonyl (C=O) groups is 1. The van der Waals surface area contributed by atoms with Crippen molar-refractivity contribution in [2.24, 2.45) is 0 Å². The van der Waals surface area contributed by atoms with E-state index in [2.05, 4.69) is 30.9 Å². The lowest BCUT2D eigenvalue weighted by atomic mass is 10.1. The highest BCUT2D eigenvalue weighted by molar-refractivity contribution is 5.99. The van der Waals surface area contributed by atoms with Crippen LogP contribution in [0.25, 0.3) is 16.9 Å². The second-order valence-electron chi connectivity index (χ2n) is 9.30. The van der Waals surface area contributed by atoms with Gasteiger partial charge in [0.15, 0.2) is 17.0 Å². The van der Waals surface area contributed by atoms with E-state index in [-0.39, 0.29) is 17.8 Å². The molecule has 2 aromatic carbocycles. The van der Waals surface area contributed by atoms with Gasteiger partial charge in [0, 0.05) is 43.7 Å². The molecular weight excluding hydrogens is 511 g/mol. The molecule has 0 radical (unpaired) electrons. The average Bonchev–Trinajstić information content (AvgIpc) is 3.32. The highest BCUT2D eigenvalue weighted by atomic mass is 19.4. The average molecular weight is 542 g/mol. The minimum Gasteiger partial charge on any atom is -0.371 e. The lowest BCUT2D eigenvalue weighted by Gasteiger charge is -2.22. The number of likely N-dealkylation sites (N-methyl/N-ethyl adjacent to an activating group) is 2. The summed E-state index contributed by atoms with van der Waals surface area (Å²) in [5.41, 5.74) is 1.85. The summed E-state index contributed by atoms with van der Waals surface area (Å²) in [7, 11) is 7.34. The molecule has 2 amide bonds. The van der Waals surface area contributed by atoms with Crippen molar-refractivity contribution < 1.29 is 18.0 Å². The Morgan fingerprint density at radius 2 is 1.64 bits per heavy atom. The van der Waals surface area contributed by atoms with Gasteiger partial charge in [-0.05, 0) is 63.1 Å². The van der Waals surface area contributed by atoms with Crippen LogP contribution in [-0.2, 0) is 12.7 Å². The minimum absolute atomic E-state index is 0.0426. The Bertz CT molecular complexity index is 1440. The van der Waals surface area contributed by atoms with Crippen molar-refractivity contribution in [2.45, 2.75) is 12.7 Å². The second kappa shape index (κ2) is 11.7. The number of aromatic nitrogens is 4. The highest BCUT2D eigenvalue weighted by Crippen LogP contribution is 2.34. The molecule has 0 aliphatic heterocycles. The fourth-order valence-electron chi connectivity index (χ4n) is 4.00. The quantitative estimate of drug-likeness (QED) is 0.286. The second-order valence-corrected chi connectivity index (χ2v) is 9.30. The van der Waals surface area contributed by atoms with Crippen LogP contribution in [-0.4, -0.2) is 76.6 Å². The van der Waals surface area contributed by atoms with Gasteiger partial charge in [0.25, 0.3) is 0 Å². The molecule has 2 heterocycles. The summed E-state index contributed by atoms with van der Waals surface area (Å²) in [5.74, 6) is 0.603. The van der Waals surface area contributed by atoms with E-state index in [0.717, 1.165) is 18.3 Å². The van der Waals surface area contributed by atoms with Crippen LogP contribution in [0.5, 0.6) is 0 Å². The molecule has 3 N–H and O–H groups in total. The van der Waals surface area contributed by atoms with Gasteiger partial charge >= 0.3 is 12.2 Å². The van der Waals surface area contributed by atoms with E-state index in [1.54, 1.807) is 49.3 Å². The van der Waals surface area contributed by atoms with Crippen LogP contribution in [0.15, 0.2) is 55.1 Å². The number of amides is 2. The molecule has 2 aromatic heterocycles. The van der Waals surface area contributed by atoms with Gasteiger partial charge in [-0.3, -0.25) is 4.57 Å².